The van der Waals surface area contributed by atoms with E-state index in [1.165, 1.54) is 28.6 Å². The molecule has 2 rings (SSSR count). The third kappa shape index (κ3) is 3.51. The normalized spacial score (nSPS) is 18.2. The van der Waals surface area contributed by atoms with Crippen molar-refractivity contribution in [1.29, 1.82) is 0 Å². The van der Waals surface area contributed by atoms with Gasteiger partial charge in [-0.05, 0) is 72.8 Å². The largest absolute Gasteiger partial charge is 0.371 e. The van der Waals surface area contributed by atoms with Gasteiger partial charge in [0.05, 0.1) is 5.69 Å². The summed E-state index contributed by atoms with van der Waals surface area (Å²) in [6.45, 7) is 7.69. The molecule has 0 amide bonds. The average Bonchev–Trinajstić information content (AvgIpc) is 3.21. The maximum atomic E-state index is 3.74. The lowest BCUT2D eigenvalue weighted by Gasteiger charge is -2.28. The number of hydrogen-bond donors (Lipinski definition) is 1. The Hall–Kier alpha value is -0.540. The van der Waals surface area contributed by atoms with E-state index in [0.717, 1.165) is 12.5 Å². The molecule has 1 aromatic rings. The molecule has 106 valence electrons. The molecule has 1 aliphatic carbocycles. The smallest absolute Gasteiger partial charge is 0.0510 e. The van der Waals surface area contributed by atoms with E-state index in [-0.39, 0.29) is 0 Å². The second-order valence-electron chi connectivity index (χ2n) is 5.68. The maximum Gasteiger partial charge on any atom is 0.0510 e. The molecule has 0 aliphatic heterocycles. The number of anilines is 1. The number of nitrogens with zero attached hydrogens (tertiary/aromatic N) is 1. The minimum atomic E-state index is 0.404. The van der Waals surface area contributed by atoms with Gasteiger partial charge in [0.2, 0.25) is 0 Å². The molecule has 1 fully saturated rings. The van der Waals surface area contributed by atoms with E-state index in [1.807, 2.05) is 0 Å². The molecule has 0 aromatic heterocycles. The molecule has 1 aromatic carbocycles. The van der Waals surface area contributed by atoms with Crippen molar-refractivity contribution in [1.82, 2.24) is 5.32 Å². The molecule has 19 heavy (non-hydrogen) atoms. The predicted molar refractivity (Wildman–Crippen MR) is 86.8 cm³/mol. The summed E-state index contributed by atoms with van der Waals surface area (Å²) in [6.07, 6.45) is 2.78. The first-order valence-electron chi connectivity index (χ1n) is 7.30. The highest BCUT2D eigenvalue weighted by molar-refractivity contribution is 9.10. The van der Waals surface area contributed by atoms with E-state index >= 15 is 0 Å². The van der Waals surface area contributed by atoms with Crippen molar-refractivity contribution in [2.24, 2.45) is 5.92 Å². The highest BCUT2D eigenvalue weighted by Gasteiger charge is 2.31. The van der Waals surface area contributed by atoms with E-state index in [9.17, 15) is 0 Å². The standard InChI is InChI=1S/C16H25BrN2/c1-5-18-11(2)14-8-9-16(15(17)10-14)19(4)12(3)13-6-7-13/h8-13,18H,5-7H2,1-4H3. The zero-order valence-corrected chi connectivity index (χ0v) is 14.0. The molecule has 2 unspecified atom stereocenters. The first-order chi connectivity index (χ1) is 9.04. The van der Waals surface area contributed by atoms with E-state index in [4.69, 9.17) is 0 Å². The number of rotatable bonds is 6. The van der Waals surface area contributed by atoms with Crippen LogP contribution >= 0.6 is 15.9 Å². The van der Waals surface area contributed by atoms with Crippen LogP contribution in [0, 0.1) is 5.92 Å². The van der Waals surface area contributed by atoms with Gasteiger partial charge < -0.3 is 10.2 Å². The van der Waals surface area contributed by atoms with Gasteiger partial charge in [-0.25, -0.2) is 0 Å². The van der Waals surface area contributed by atoms with Gasteiger partial charge in [0.1, 0.15) is 0 Å². The Bertz CT molecular complexity index is 429. The SMILES string of the molecule is CCNC(C)c1ccc(N(C)C(C)C2CC2)c(Br)c1. The van der Waals surface area contributed by atoms with Gasteiger partial charge in [-0.2, -0.15) is 0 Å². The number of hydrogen-bond acceptors (Lipinski definition) is 2. The summed E-state index contributed by atoms with van der Waals surface area (Å²) in [5, 5.41) is 3.45. The fraction of sp³-hybridized carbons (Fsp3) is 0.625. The summed E-state index contributed by atoms with van der Waals surface area (Å²) in [5.41, 5.74) is 2.64. The highest BCUT2D eigenvalue weighted by atomic mass is 79.9. The van der Waals surface area contributed by atoms with Crippen molar-refractivity contribution in [2.45, 2.75) is 45.7 Å². The fourth-order valence-corrected chi connectivity index (χ4v) is 3.29. The summed E-state index contributed by atoms with van der Waals surface area (Å²) in [5.74, 6) is 0.886. The van der Waals surface area contributed by atoms with Crippen molar-refractivity contribution < 1.29 is 0 Å². The maximum absolute atomic E-state index is 3.74. The van der Waals surface area contributed by atoms with Crippen molar-refractivity contribution >= 4 is 21.6 Å². The summed E-state index contributed by atoms with van der Waals surface area (Å²) in [4.78, 5) is 2.41. The topological polar surface area (TPSA) is 15.3 Å². The zero-order valence-electron chi connectivity index (χ0n) is 12.4. The van der Waals surface area contributed by atoms with Crippen molar-refractivity contribution in [3.8, 4) is 0 Å². The van der Waals surface area contributed by atoms with Crippen molar-refractivity contribution in [2.75, 3.05) is 18.5 Å². The van der Waals surface area contributed by atoms with Crippen LogP contribution in [0.1, 0.15) is 45.2 Å². The minimum Gasteiger partial charge on any atom is -0.371 e. The third-order valence-corrected chi connectivity index (χ3v) is 4.91. The molecule has 2 atom stereocenters. The second kappa shape index (κ2) is 6.27. The first kappa shape index (κ1) is 14.9. The Labute approximate surface area is 125 Å². The molecule has 1 N–H and O–H groups in total. The lowest BCUT2D eigenvalue weighted by Crippen LogP contribution is -2.30. The van der Waals surface area contributed by atoms with E-state index in [0.29, 0.717) is 12.1 Å². The van der Waals surface area contributed by atoms with Crippen molar-refractivity contribution in [3.63, 3.8) is 0 Å². The van der Waals surface area contributed by atoms with Gasteiger partial charge in [0.15, 0.2) is 0 Å². The minimum absolute atomic E-state index is 0.404. The van der Waals surface area contributed by atoms with Crippen LogP contribution in [-0.2, 0) is 0 Å². The Balaban J connectivity index is 2.14. The molecule has 0 saturated heterocycles. The van der Waals surface area contributed by atoms with E-state index < -0.39 is 0 Å². The molecule has 0 radical (unpaired) electrons. The Morgan fingerprint density at radius 2 is 2.05 bits per heavy atom. The van der Waals surface area contributed by atoms with Gasteiger partial charge in [-0.15, -0.1) is 0 Å². The number of halogens is 1. The van der Waals surface area contributed by atoms with Crippen LogP contribution < -0.4 is 10.2 Å². The molecule has 0 heterocycles. The third-order valence-electron chi connectivity index (χ3n) is 4.28. The van der Waals surface area contributed by atoms with Crippen LogP contribution in [-0.4, -0.2) is 19.6 Å². The predicted octanol–water partition coefficient (Wildman–Crippen LogP) is 4.35. The van der Waals surface area contributed by atoms with Crippen LogP contribution in [0.25, 0.3) is 0 Å². The number of benzene rings is 1. The summed E-state index contributed by atoms with van der Waals surface area (Å²) in [7, 11) is 2.20. The summed E-state index contributed by atoms with van der Waals surface area (Å²) >= 11 is 3.74. The van der Waals surface area contributed by atoms with Crippen LogP contribution in [0.3, 0.4) is 0 Å². The molecule has 0 bridgehead atoms. The van der Waals surface area contributed by atoms with Crippen LogP contribution in [0.4, 0.5) is 5.69 Å². The average molecular weight is 325 g/mol. The van der Waals surface area contributed by atoms with E-state index in [1.54, 1.807) is 0 Å². The Morgan fingerprint density at radius 3 is 2.58 bits per heavy atom. The second-order valence-corrected chi connectivity index (χ2v) is 6.53. The quantitative estimate of drug-likeness (QED) is 0.836. The molecule has 3 heteroatoms. The molecule has 0 spiro atoms. The van der Waals surface area contributed by atoms with Gasteiger partial charge in [-0.3, -0.25) is 0 Å². The zero-order chi connectivity index (χ0) is 14.0. The lowest BCUT2D eigenvalue weighted by molar-refractivity contribution is 0.595. The van der Waals surface area contributed by atoms with Crippen LogP contribution in [0.15, 0.2) is 22.7 Å². The monoisotopic (exact) mass is 324 g/mol. The van der Waals surface area contributed by atoms with Gasteiger partial charge >= 0.3 is 0 Å². The fourth-order valence-electron chi connectivity index (χ4n) is 2.62. The molecule has 2 nitrogen and oxygen atoms in total. The molecular formula is C16H25BrN2. The molecular weight excluding hydrogens is 300 g/mol. The Morgan fingerprint density at radius 1 is 1.37 bits per heavy atom. The summed E-state index contributed by atoms with van der Waals surface area (Å²) < 4.78 is 1.20. The summed E-state index contributed by atoms with van der Waals surface area (Å²) in [6, 6.07) is 7.77. The number of nitrogens with one attached hydrogen (secondary N) is 1. The molecule has 1 saturated carbocycles. The van der Waals surface area contributed by atoms with Gasteiger partial charge in [0.25, 0.3) is 0 Å². The first-order valence-corrected chi connectivity index (χ1v) is 8.09. The van der Waals surface area contributed by atoms with Gasteiger partial charge in [0, 0.05) is 23.6 Å². The lowest BCUT2D eigenvalue weighted by atomic mass is 10.1. The van der Waals surface area contributed by atoms with Crippen LogP contribution in [0.2, 0.25) is 0 Å². The Kier molecular flexibility index (Phi) is 4.91. The molecule has 1 aliphatic rings. The van der Waals surface area contributed by atoms with Crippen LogP contribution in [0.5, 0.6) is 0 Å². The highest BCUT2D eigenvalue weighted by Crippen LogP contribution is 2.38. The van der Waals surface area contributed by atoms with Crippen molar-refractivity contribution in [3.05, 3.63) is 28.2 Å². The van der Waals surface area contributed by atoms with Gasteiger partial charge in [-0.1, -0.05) is 13.0 Å². The van der Waals surface area contributed by atoms with E-state index in [2.05, 4.69) is 72.2 Å².